The van der Waals surface area contributed by atoms with E-state index < -0.39 is 23.5 Å². The van der Waals surface area contributed by atoms with Crippen LogP contribution in [0.5, 0.6) is 11.5 Å². The molecule has 2 aromatic carbocycles. The maximum atomic E-state index is 13.4. The number of nitrogens with zero attached hydrogens (tertiary/aromatic N) is 1. The molecule has 7 nitrogen and oxygen atoms in total. The molecular weight excluding hydrogens is 441 g/mol. The predicted octanol–water partition coefficient (Wildman–Crippen LogP) is 4.47. The molecule has 1 amide bonds. The molecule has 3 rings (SSSR count). The van der Waals surface area contributed by atoms with Crippen molar-refractivity contribution in [2.75, 3.05) is 33.5 Å². The highest BCUT2D eigenvalue weighted by Crippen LogP contribution is 2.42. The van der Waals surface area contributed by atoms with E-state index in [-0.39, 0.29) is 30.0 Å². The first-order chi connectivity index (χ1) is 16.4. The van der Waals surface area contributed by atoms with Gasteiger partial charge in [-0.15, -0.1) is 0 Å². The largest absolute Gasteiger partial charge is 0.507 e. The number of methoxy groups -OCH3 is 1. The van der Waals surface area contributed by atoms with Crippen molar-refractivity contribution < 1.29 is 33.3 Å². The van der Waals surface area contributed by atoms with Crippen molar-refractivity contribution in [3.05, 3.63) is 65.0 Å². The number of hydrogen-bond donors (Lipinski definition) is 1. The number of aliphatic hydroxyl groups is 1. The summed E-state index contributed by atoms with van der Waals surface area (Å²) in [7, 11) is 1.50. The van der Waals surface area contributed by atoms with E-state index in [0.717, 1.165) is 12.8 Å². The highest BCUT2D eigenvalue weighted by molar-refractivity contribution is 6.46. The Bertz CT molecular complexity index is 1050. The van der Waals surface area contributed by atoms with Gasteiger partial charge in [-0.25, -0.2) is 4.39 Å². The minimum atomic E-state index is -0.871. The van der Waals surface area contributed by atoms with Gasteiger partial charge in [0, 0.05) is 19.2 Å². The predicted molar refractivity (Wildman–Crippen MR) is 125 cm³/mol. The number of ketones is 1. The fourth-order valence-electron chi connectivity index (χ4n) is 3.82. The molecule has 1 aliphatic rings. The number of carbonyl (C=O) groups is 2. The maximum Gasteiger partial charge on any atom is 0.295 e. The van der Waals surface area contributed by atoms with E-state index in [4.69, 9.17) is 14.2 Å². The van der Waals surface area contributed by atoms with Crippen molar-refractivity contribution in [3.63, 3.8) is 0 Å². The van der Waals surface area contributed by atoms with E-state index >= 15 is 0 Å². The van der Waals surface area contributed by atoms with Crippen molar-refractivity contribution in [2.24, 2.45) is 0 Å². The van der Waals surface area contributed by atoms with Crippen LogP contribution >= 0.6 is 0 Å². The Morgan fingerprint density at radius 1 is 1.03 bits per heavy atom. The molecule has 0 saturated carbocycles. The Morgan fingerprint density at radius 2 is 1.76 bits per heavy atom. The number of hydrogen-bond acceptors (Lipinski definition) is 6. The van der Waals surface area contributed by atoms with Crippen LogP contribution in [0, 0.1) is 5.82 Å². The van der Waals surface area contributed by atoms with Gasteiger partial charge >= 0.3 is 0 Å². The van der Waals surface area contributed by atoms with Crippen molar-refractivity contribution in [2.45, 2.75) is 32.7 Å². The molecule has 182 valence electrons. The summed E-state index contributed by atoms with van der Waals surface area (Å²) in [4.78, 5) is 27.3. The van der Waals surface area contributed by atoms with Crippen molar-refractivity contribution in [1.29, 1.82) is 0 Å². The van der Waals surface area contributed by atoms with Crippen molar-refractivity contribution in [1.82, 2.24) is 4.90 Å². The van der Waals surface area contributed by atoms with Crippen molar-refractivity contribution >= 4 is 17.4 Å². The Morgan fingerprint density at radius 3 is 2.41 bits per heavy atom. The number of rotatable bonds is 11. The minimum Gasteiger partial charge on any atom is -0.507 e. The smallest absolute Gasteiger partial charge is 0.295 e. The summed E-state index contributed by atoms with van der Waals surface area (Å²) in [6, 6.07) is 9.42. The Labute approximate surface area is 198 Å². The van der Waals surface area contributed by atoms with Gasteiger partial charge in [0.05, 0.1) is 31.4 Å². The first kappa shape index (κ1) is 25.2. The van der Waals surface area contributed by atoms with Crippen LogP contribution in [0.3, 0.4) is 0 Å². The van der Waals surface area contributed by atoms with E-state index in [0.29, 0.717) is 30.3 Å². The van der Waals surface area contributed by atoms with Crippen LogP contribution in [0.15, 0.2) is 48.0 Å². The molecular formula is C26H30FNO6. The molecule has 1 heterocycles. The number of aliphatic hydroxyl groups excluding tert-OH is 1. The van der Waals surface area contributed by atoms with Crippen LogP contribution in [-0.4, -0.2) is 55.2 Å². The summed E-state index contributed by atoms with van der Waals surface area (Å²) in [6.07, 6.45) is 1.88. The average Bonchev–Trinajstić information content (AvgIpc) is 3.08. The molecule has 8 heteroatoms. The lowest BCUT2D eigenvalue weighted by Crippen LogP contribution is -2.32. The molecule has 1 saturated heterocycles. The second kappa shape index (κ2) is 11.7. The van der Waals surface area contributed by atoms with Crippen LogP contribution in [-0.2, 0) is 14.3 Å². The summed E-state index contributed by atoms with van der Waals surface area (Å²) in [6.45, 7) is 5.20. The highest BCUT2D eigenvalue weighted by Gasteiger charge is 2.46. The molecule has 1 aliphatic heterocycles. The lowest BCUT2D eigenvalue weighted by atomic mass is 9.95. The van der Waals surface area contributed by atoms with Gasteiger partial charge in [0.25, 0.3) is 11.7 Å². The van der Waals surface area contributed by atoms with E-state index in [1.54, 1.807) is 18.2 Å². The van der Waals surface area contributed by atoms with E-state index in [2.05, 4.69) is 6.92 Å². The van der Waals surface area contributed by atoms with Crippen LogP contribution in [0.1, 0.15) is 43.9 Å². The van der Waals surface area contributed by atoms with E-state index in [9.17, 15) is 19.1 Å². The number of halogens is 1. The van der Waals surface area contributed by atoms with E-state index in [1.807, 2.05) is 6.92 Å². The minimum absolute atomic E-state index is 0.0742. The molecule has 1 atom stereocenters. The van der Waals surface area contributed by atoms with Gasteiger partial charge in [0.15, 0.2) is 11.5 Å². The monoisotopic (exact) mass is 471 g/mol. The average molecular weight is 472 g/mol. The zero-order valence-corrected chi connectivity index (χ0v) is 19.7. The second-order valence-electron chi connectivity index (χ2n) is 7.83. The standard InChI is InChI=1S/C26H30FNO6/c1-4-6-14-34-20-12-9-18(16-21(20)33-5-2)23-22(24(29)17-7-10-19(27)11-8-17)25(30)26(31)28(23)13-15-32-3/h7-12,16,23,29H,4-6,13-15H2,1-3H3/b24-22+. The quantitative estimate of drug-likeness (QED) is 0.225. The normalized spacial score (nSPS) is 17.3. The van der Waals surface area contributed by atoms with Gasteiger partial charge in [-0.3, -0.25) is 9.59 Å². The highest BCUT2D eigenvalue weighted by atomic mass is 19.1. The van der Waals surface area contributed by atoms with E-state index in [1.165, 1.54) is 36.3 Å². The number of carbonyl (C=O) groups excluding carboxylic acids is 2. The van der Waals surface area contributed by atoms with Crippen molar-refractivity contribution in [3.8, 4) is 11.5 Å². The third-order valence-corrected chi connectivity index (χ3v) is 5.53. The molecule has 0 aliphatic carbocycles. The number of ether oxygens (including phenoxy) is 3. The van der Waals surface area contributed by atoms with Gasteiger partial charge in [-0.2, -0.15) is 0 Å². The van der Waals surface area contributed by atoms with Crippen LogP contribution < -0.4 is 9.47 Å². The third kappa shape index (κ3) is 5.39. The summed E-state index contributed by atoms with van der Waals surface area (Å²) >= 11 is 0. The lowest BCUT2D eigenvalue weighted by molar-refractivity contribution is -0.140. The number of unbranched alkanes of at least 4 members (excludes halogenated alkanes) is 1. The maximum absolute atomic E-state index is 13.4. The summed E-state index contributed by atoms with van der Waals surface area (Å²) in [5.74, 6) is -1.36. The van der Waals surface area contributed by atoms with Gasteiger partial charge in [-0.05, 0) is 55.3 Å². The third-order valence-electron chi connectivity index (χ3n) is 5.53. The second-order valence-corrected chi connectivity index (χ2v) is 7.83. The number of likely N-dealkylation sites (tertiary alicyclic amines) is 1. The molecule has 0 radical (unpaired) electrons. The molecule has 1 N–H and O–H groups in total. The molecule has 2 aromatic rings. The number of Topliss-reactive ketones (excluding diaryl/α,β-unsaturated/α-hetero) is 1. The summed E-state index contributed by atoms with van der Waals surface area (Å²) < 4.78 is 30.2. The number of amides is 1. The summed E-state index contributed by atoms with van der Waals surface area (Å²) in [5.41, 5.74) is 0.737. The molecule has 0 spiro atoms. The summed E-state index contributed by atoms with van der Waals surface area (Å²) in [5, 5.41) is 11.0. The Hall–Kier alpha value is -3.39. The first-order valence-corrected chi connectivity index (χ1v) is 11.4. The lowest BCUT2D eigenvalue weighted by Gasteiger charge is -2.26. The van der Waals surface area contributed by atoms with Gasteiger partial charge in [-0.1, -0.05) is 19.4 Å². The fraction of sp³-hybridized carbons (Fsp3) is 0.385. The topological polar surface area (TPSA) is 85.3 Å². The first-order valence-electron chi connectivity index (χ1n) is 11.4. The molecule has 1 fully saturated rings. The van der Waals surface area contributed by atoms with Gasteiger partial charge < -0.3 is 24.2 Å². The van der Waals surface area contributed by atoms with Gasteiger partial charge in [0.2, 0.25) is 0 Å². The van der Waals surface area contributed by atoms with Crippen LogP contribution in [0.25, 0.3) is 5.76 Å². The zero-order chi connectivity index (χ0) is 24.7. The Balaban J connectivity index is 2.11. The SMILES string of the molecule is CCCCOc1ccc(C2/C(=C(\O)c3ccc(F)cc3)C(=O)C(=O)N2CCOC)cc1OCC. The van der Waals surface area contributed by atoms with Gasteiger partial charge in [0.1, 0.15) is 11.6 Å². The van der Waals surface area contributed by atoms with Crippen LogP contribution in [0.4, 0.5) is 4.39 Å². The molecule has 1 unspecified atom stereocenters. The molecule has 34 heavy (non-hydrogen) atoms. The molecule has 0 bridgehead atoms. The van der Waals surface area contributed by atoms with Crippen LogP contribution in [0.2, 0.25) is 0 Å². The Kier molecular flexibility index (Phi) is 8.65. The zero-order valence-electron chi connectivity index (χ0n) is 19.7. The molecule has 0 aromatic heterocycles. The fourth-order valence-corrected chi connectivity index (χ4v) is 3.82. The number of benzene rings is 2.